The van der Waals surface area contributed by atoms with E-state index < -0.39 is 10.8 Å². The Morgan fingerprint density at radius 3 is 2.65 bits per heavy atom. The summed E-state index contributed by atoms with van der Waals surface area (Å²) in [6, 6.07) is 11.5. The monoisotopic (exact) mass is 331 g/mol. The molecule has 1 fully saturated rings. The highest BCUT2D eigenvalue weighted by Crippen LogP contribution is 2.21. The van der Waals surface area contributed by atoms with Crippen LogP contribution in [0.25, 0.3) is 5.69 Å². The number of anilines is 1. The molecule has 3 rings (SSSR count). The van der Waals surface area contributed by atoms with Crippen molar-refractivity contribution in [2.75, 3.05) is 24.2 Å². The van der Waals surface area contributed by atoms with E-state index in [-0.39, 0.29) is 10.8 Å². The number of benzene rings is 1. The summed E-state index contributed by atoms with van der Waals surface area (Å²) in [6.07, 6.45) is 3.92. The first-order valence-corrected chi connectivity index (χ1v) is 8.95. The zero-order chi connectivity index (χ0) is 16.4. The maximum absolute atomic E-state index is 12.5. The van der Waals surface area contributed by atoms with E-state index in [1.165, 1.54) is 0 Å². The Hall–Kier alpha value is -2.08. The quantitative estimate of drug-likeness (QED) is 0.920. The zero-order valence-corrected chi connectivity index (χ0v) is 14.2. The molecule has 0 bridgehead atoms. The van der Waals surface area contributed by atoms with Gasteiger partial charge in [-0.3, -0.25) is 4.21 Å². The molecular formula is C17H21N3O2S. The Labute approximate surface area is 138 Å². The van der Waals surface area contributed by atoms with Gasteiger partial charge in [-0.15, -0.1) is 0 Å². The first-order chi connectivity index (χ1) is 11.0. The predicted octanol–water partition coefficient (Wildman–Crippen LogP) is 2.85. The minimum Gasteiger partial charge on any atom is -0.324 e. The molecule has 2 heterocycles. The van der Waals surface area contributed by atoms with Gasteiger partial charge < -0.3 is 14.8 Å². The molecule has 122 valence electrons. The first kappa shape index (κ1) is 15.8. The molecule has 1 N–H and O–H groups in total. The van der Waals surface area contributed by atoms with Crippen molar-refractivity contribution in [3.63, 3.8) is 0 Å². The normalized spacial score (nSPS) is 20.3. The van der Waals surface area contributed by atoms with Crippen LogP contribution in [0.2, 0.25) is 0 Å². The van der Waals surface area contributed by atoms with Crippen LogP contribution >= 0.6 is 0 Å². The van der Waals surface area contributed by atoms with Crippen molar-refractivity contribution in [1.82, 2.24) is 9.47 Å². The number of amides is 2. The van der Waals surface area contributed by atoms with Crippen LogP contribution in [0.3, 0.4) is 0 Å². The Balaban J connectivity index is 1.71. The largest absolute Gasteiger partial charge is 0.324 e. The van der Waals surface area contributed by atoms with Crippen molar-refractivity contribution in [3.05, 3.63) is 48.8 Å². The van der Waals surface area contributed by atoms with Crippen molar-refractivity contribution in [2.45, 2.75) is 18.6 Å². The molecule has 0 aliphatic carbocycles. The summed E-state index contributed by atoms with van der Waals surface area (Å²) in [4.78, 5) is 14.2. The first-order valence-electron chi connectivity index (χ1n) is 7.63. The van der Waals surface area contributed by atoms with E-state index in [4.69, 9.17) is 0 Å². The van der Waals surface area contributed by atoms with Gasteiger partial charge in [-0.25, -0.2) is 4.79 Å². The fourth-order valence-corrected chi connectivity index (χ4v) is 3.95. The third-order valence-corrected chi connectivity index (χ3v) is 5.94. The number of nitrogens with zero attached hydrogens (tertiary/aromatic N) is 2. The van der Waals surface area contributed by atoms with Crippen molar-refractivity contribution in [1.29, 1.82) is 0 Å². The Morgan fingerprint density at radius 2 is 1.96 bits per heavy atom. The Kier molecular flexibility index (Phi) is 4.26. The highest BCUT2D eigenvalue weighted by Gasteiger charge is 2.35. The minimum absolute atomic E-state index is 0.139. The number of carbonyl (C=O) groups is 1. The lowest BCUT2D eigenvalue weighted by molar-refractivity contribution is 0.207. The minimum atomic E-state index is -0.883. The van der Waals surface area contributed by atoms with Crippen molar-refractivity contribution in [3.8, 4) is 5.69 Å². The van der Waals surface area contributed by atoms with Gasteiger partial charge in [-0.05, 0) is 44.2 Å². The fraction of sp³-hybridized carbons (Fsp3) is 0.353. The van der Waals surface area contributed by atoms with Crippen LogP contribution in [-0.4, -0.2) is 43.3 Å². The van der Waals surface area contributed by atoms with Gasteiger partial charge in [0, 0.05) is 53.4 Å². The summed E-state index contributed by atoms with van der Waals surface area (Å²) in [5, 5.41) is 2.94. The van der Waals surface area contributed by atoms with E-state index in [0.717, 1.165) is 11.4 Å². The van der Waals surface area contributed by atoms with E-state index in [1.54, 1.807) is 4.90 Å². The third kappa shape index (κ3) is 3.47. The average Bonchev–Trinajstić information content (AvgIpc) is 3.04. The molecule has 2 aromatic rings. The van der Waals surface area contributed by atoms with Gasteiger partial charge in [0.05, 0.1) is 4.75 Å². The summed E-state index contributed by atoms with van der Waals surface area (Å²) >= 11 is 0. The topological polar surface area (TPSA) is 54.3 Å². The second-order valence-corrected chi connectivity index (χ2v) is 8.51. The second-order valence-electron chi connectivity index (χ2n) is 6.30. The number of carbonyl (C=O) groups excluding carboxylic acids is 1. The van der Waals surface area contributed by atoms with Gasteiger partial charge >= 0.3 is 6.03 Å². The molecule has 1 aliphatic rings. The standard InChI is InChI=1S/C17H21N3O2S/c1-17(2)13-20(10-11-23(17)22)16(21)18-14-6-5-7-15(12-14)19-8-3-4-9-19/h3-9,12H,10-11,13H2,1-2H3,(H,18,21)/t23-/m0/s1. The van der Waals surface area contributed by atoms with Gasteiger partial charge in [0.15, 0.2) is 0 Å². The lowest BCUT2D eigenvalue weighted by atomic mass is 10.2. The Morgan fingerprint density at radius 1 is 1.22 bits per heavy atom. The van der Waals surface area contributed by atoms with Crippen LogP contribution in [0.4, 0.5) is 10.5 Å². The highest BCUT2D eigenvalue weighted by atomic mass is 32.2. The van der Waals surface area contributed by atoms with Crippen LogP contribution < -0.4 is 5.32 Å². The van der Waals surface area contributed by atoms with E-state index in [9.17, 15) is 9.00 Å². The van der Waals surface area contributed by atoms with Gasteiger partial charge in [-0.2, -0.15) is 0 Å². The molecule has 0 radical (unpaired) electrons. The highest BCUT2D eigenvalue weighted by molar-refractivity contribution is 7.86. The molecule has 23 heavy (non-hydrogen) atoms. The number of hydrogen-bond acceptors (Lipinski definition) is 2. The molecular weight excluding hydrogens is 310 g/mol. The van der Waals surface area contributed by atoms with Crippen LogP contribution in [-0.2, 0) is 10.8 Å². The molecule has 5 nitrogen and oxygen atoms in total. The van der Waals surface area contributed by atoms with Crippen LogP contribution in [0.5, 0.6) is 0 Å². The van der Waals surface area contributed by atoms with Crippen LogP contribution in [0, 0.1) is 0 Å². The summed E-state index contributed by atoms with van der Waals surface area (Å²) < 4.78 is 13.6. The molecule has 0 spiro atoms. The number of rotatable bonds is 2. The molecule has 1 aromatic heterocycles. The summed E-state index contributed by atoms with van der Waals surface area (Å²) in [6.45, 7) is 4.91. The van der Waals surface area contributed by atoms with Crippen molar-refractivity contribution < 1.29 is 9.00 Å². The number of aromatic nitrogens is 1. The number of hydrogen-bond donors (Lipinski definition) is 1. The smallest absolute Gasteiger partial charge is 0.321 e. The molecule has 1 aliphatic heterocycles. The van der Waals surface area contributed by atoms with Crippen molar-refractivity contribution in [2.24, 2.45) is 0 Å². The zero-order valence-electron chi connectivity index (χ0n) is 13.4. The molecule has 0 saturated carbocycles. The third-order valence-electron chi connectivity index (χ3n) is 4.02. The lowest BCUT2D eigenvalue weighted by Gasteiger charge is -2.37. The van der Waals surface area contributed by atoms with Crippen LogP contribution in [0.1, 0.15) is 13.8 Å². The van der Waals surface area contributed by atoms with E-state index in [0.29, 0.717) is 18.8 Å². The van der Waals surface area contributed by atoms with Gasteiger partial charge in [0.2, 0.25) is 0 Å². The SMILES string of the molecule is CC1(C)CN(C(=O)Nc2cccc(-n3cccc3)c2)CC[S@@]1=O. The van der Waals surface area contributed by atoms with Gasteiger partial charge in [-0.1, -0.05) is 6.07 Å². The molecule has 6 heteroatoms. The van der Waals surface area contributed by atoms with E-state index >= 15 is 0 Å². The summed E-state index contributed by atoms with van der Waals surface area (Å²) in [5.74, 6) is 0.532. The summed E-state index contributed by atoms with van der Waals surface area (Å²) in [5.41, 5.74) is 1.75. The number of nitrogens with one attached hydrogen (secondary N) is 1. The van der Waals surface area contributed by atoms with Crippen LogP contribution in [0.15, 0.2) is 48.8 Å². The fourth-order valence-electron chi connectivity index (χ4n) is 2.71. The molecule has 1 saturated heterocycles. The molecule has 1 atom stereocenters. The average molecular weight is 331 g/mol. The molecule has 2 amide bonds. The van der Waals surface area contributed by atoms with E-state index in [1.807, 2.05) is 67.2 Å². The van der Waals surface area contributed by atoms with E-state index in [2.05, 4.69) is 5.32 Å². The molecule has 1 aromatic carbocycles. The van der Waals surface area contributed by atoms with Gasteiger partial charge in [0.1, 0.15) is 0 Å². The predicted molar refractivity (Wildman–Crippen MR) is 93.4 cm³/mol. The number of urea groups is 1. The maximum Gasteiger partial charge on any atom is 0.321 e. The molecule has 0 unspecified atom stereocenters. The summed E-state index contributed by atoms with van der Waals surface area (Å²) in [7, 11) is -0.883. The second kappa shape index (κ2) is 6.20. The van der Waals surface area contributed by atoms with Crippen molar-refractivity contribution >= 4 is 22.5 Å². The van der Waals surface area contributed by atoms with Gasteiger partial charge in [0.25, 0.3) is 0 Å². The Bertz CT molecular complexity index is 725. The maximum atomic E-state index is 12.5. The lowest BCUT2D eigenvalue weighted by Crippen LogP contribution is -2.53.